The summed E-state index contributed by atoms with van der Waals surface area (Å²) in [6.07, 6.45) is 4.50. The second-order valence-electron chi connectivity index (χ2n) is 13.0. The van der Waals surface area contributed by atoms with E-state index >= 15 is 0 Å². The molecule has 8 atom stereocenters. The Kier molecular flexibility index (Phi) is 15.0. The molecule has 2 amide bonds. The van der Waals surface area contributed by atoms with Gasteiger partial charge in [-0.25, -0.2) is 4.98 Å². The van der Waals surface area contributed by atoms with Crippen LogP contribution in [0, 0.1) is 17.8 Å². The summed E-state index contributed by atoms with van der Waals surface area (Å²) in [7, 11) is 5.10. The van der Waals surface area contributed by atoms with E-state index in [0.29, 0.717) is 11.5 Å². The van der Waals surface area contributed by atoms with E-state index in [0.717, 1.165) is 30.7 Å². The molecule has 1 fully saturated rings. The molecule has 1 aliphatic rings. The number of likely N-dealkylation sites (tertiary alicyclic amines) is 1. The van der Waals surface area contributed by atoms with Crippen molar-refractivity contribution in [2.45, 2.75) is 103 Å². The van der Waals surface area contributed by atoms with E-state index in [1.807, 2.05) is 48.5 Å². The molecule has 9 nitrogen and oxygen atoms in total. The number of rotatable bonds is 17. The Morgan fingerprint density at radius 2 is 1.87 bits per heavy atom. The summed E-state index contributed by atoms with van der Waals surface area (Å²) in [5.74, 6) is -0.175. The molecule has 1 unspecified atom stereocenters. The predicted octanol–water partition coefficient (Wildman–Crippen LogP) is 5.25. The molecule has 0 spiro atoms. The lowest BCUT2D eigenvalue weighted by Gasteiger charge is -2.40. The molecule has 46 heavy (non-hydrogen) atoms. The number of hydrogen-bond acceptors (Lipinski definition) is 8. The molecule has 3 rings (SSSR count). The van der Waals surface area contributed by atoms with Crippen LogP contribution in [0.25, 0.3) is 0 Å². The van der Waals surface area contributed by atoms with Gasteiger partial charge in [0.25, 0.3) is 0 Å². The van der Waals surface area contributed by atoms with Crippen molar-refractivity contribution in [2.75, 3.05) is 27.8 Å². The standard InChI is InChI=1S/C35H55N5O4S2/c1-9-23(4)31(39(6)35(42)30(36)22(2)3)28(43-7)21-29(41)40-18-13-16-27(40)32(44-8)24(5)33(45)38-26(34-37-17-19-46-34)20-25-14-11-10-12-15-25/h10-12,14-15,17,19,22-24,26-28,30-32H,9,13,16,18,20-21,36H2,1-8H3,(H,38,45)/t23-,24+,26-,27-,28?,30-,31-,32+/m0/s1. The van der Waals surface area contributed by atoms with Crippen LogP contribution >= 0.6 is 23.6 Å². The van der Waals surface area contributed by atoms with Gasteiger partial charge in [0.2, 0.25) is 11.8 Å². The highest BCUT2D eigenvalue weighted by Crippen LogP contribution is 2.30. The zero-order chi connectivity index (χ0) is 34.0. The number of carbonyl (C=O) groups excluding carboxylic acids is 2. The van der Waals surface area contributed by atoms with Gasteiger partial charge < -0.3 is 30.3 Å². The second-order valence-corrected chi connectivity index (χ2v) is 14.3. The van der Waals surface area contributed by atoms with Crippen molar-refractivity contribution in [1.29, 1.82) is 0 Å². The maximum atomic E-state index is 14.0. The number of ether oxygens (including phenoxy) is 2. The summed E-state index contributed by atoms with van der Waals surface area (Å²) in [4.78, 5) is 36.2. The zero-order valence-corrected chi connectivity index (χ0v) is 30.5. The van der Waals surface area contributed by atoms with E-state index in [-0.39, 0.29) is 60.2 Å². The molecule has 11 heteroatoms. The first-order valence-electron chi connectivity index (χ1n) is 16.6. The fourth-order valence-corrected chi connectivity index (χ4v) is 7.55. The van der Waals surface area contributed by atoms with Crippen LogP contribution < -0.4 is 11.1 Å². The maximum absolute atomic E-state index is 14.0. The quantitative estimate of drug-likeness (QED) is 0.219. The normalized spacial score (nSPS) is 19.6. The highest BCUT2D eigenvalue weighted by molar-refractivity contribution is 7.80. The smallest absolute Gasteiger partial charge is 0.239 e. The Hall–Kier alpha value is -2.44. The molecule has 1 aliphatic heterocycles. The van der Waals surface area contributed by atoms with Crippen molar-refractivity contribution < 1.29 is 19.1 Å². The molecular formula is C35H55N5O4S2. The minimum Gasteiger partial charge on any atom is -0.379 e. The number of nitrogens with one attached hydrogen (secondary N) is 1. The van der Waals surface area contributed by atoms with Crippen LogP contribution in [0.1, 0.15) is 76.9 Å². The molecular weight excluding hydrogens is 619 g/mol. The SMILES string of the molecule is CC[C@H](C)[C@@H](C(CC(=O)N1CCC[C@H]1[C@H](OC)[C@@H](C)C(=S)N[C@@H](Cc1ccccc1)c1nccs1)OC)N(C)C(=O)[C@@H](N)C(C)C. The van der Waals surface area contributed by atoms with Gasteiger partial charge in [-0.1, -0.05) is 83.6 Å². The van der Waals surface area contributed by atoms with Gasteiger partial charge in [-0.3, -0.25) is 9.59 Å². The molecule has 1 saturated heterocycles. The molecule has 1 aromatic heterocycles. The van der Waals surface area contributed by atoms with E-state index in [2.05, 4.69) is 43.2 Å². The number of nitrogens with two attached hydrogens (primary N) is 1. The number of thiocarbonyl (C=S) groups is 1. The van der Waals surface area contributed by atoms with Gasteiger partial charge in [-0.05, 0) is 36.7 Å². The lowest BCUT2D eigenvalue weighted by molar-refractivity contribution is -0.145. The molecule has 0 bridgehead atoms. The van der Waals surface area contributed by atoms with Gasteiger partial charge in [0.05, 0.1) is 47.8 Å². The monoisotopic (exact) mass is 673 g/mol. The number of hydrogen-bond donors (Lipinski definition) is 2. The van der Waals surface area contributed by atoms with Gasteiger partial charge >= 0.3 is 0 Å². The molecule has 1 aromatic carbocycles. The van der Waals surface area contributed by atoms with E-state index in [4.69, 9.17) is 27.4 Å². The molecule has 2 aromatic rings. The maximum Gasteiger partial charge on any atom is 0.239 e. The van der Waals surface area contributed by atoms with Crippen molar-refractivity contribution in [1.82, 2.24) is 20.1 Å². The molecule has 0 aliphatic carbocycles. The predicted molar refractivity (Wildman–Crippen MR) is 190 cm³/mol. The Morgan fingerprint density at radius 1 is 1.17 bits per heavy atom. The molecule has 0 saturated carbocycles. The summed E-state index contributed by atoms with van der Waals surface area (Å²) in [6, 6.07) is 9.21. The second kappa shape index (κ2) is 18.2. The van der Waals surface area contributed by atoms with Crippen molar-refractivity contribution in [3.05, 3.63) is 52.5 Å². The topological polar surface area (TPSA) is 110 Å². The Labute approximate surface area is 285 Å². The van der Waals surface area contributed by atoms with Gasteiger partial charge in [-0.15, -0.1) is 11.3 Å². The highest BCUT2D eigenvalue weighted by atomic mass is 32.1. The minimum absolute atomic E-state index is 0.00393. The molecule has 2 heterocycles. The number of amides is 2. The Morgan fingerprint density at radius 3 is 2.43 bits per heavy atom. The number of benzene rings is 1. The van der Waals surface area contributed by atoms with Crippen LogP contribution in [-0.2, 0) is 25.5 Å². The average Bonchev–Trinajstić information content (AvgIpc) is 3.77. The average molecular weight is 674 g/mol. The van der Waals surface area contributed by atoms with Gasteiger partial charge in [0, 0.05) is 45.3 Å². The first-order valence-corrected chi connectivity index (χ1v) is 17.8. The Balaban J connectivity index is 1.75. The summed E-state index contributed by atoms with van der Waals surface area (Å²) < 4.78 is 12.1. The third kappa shape index (κ3) is 9.56. The summed E-state index contributed by atoms with van der Waals surface area (Å²) in [5.41, 5.74) is 7.46. The zero-order valence-electron chi connectivity index (χ0n) is 28.8. The van der Waals surface area contributed by atoms with Crippen molar-refractivity contribution in [2.24, 2.45) is 23.5 Å². The number of carbonyl (C=O) groups is 2. The number of likely N-dealkylation sites (N-methyl/N-ethyl adjacent to an activating group) is 1. The minimum atomic E-state index is -0.614. The molecule has 3 N–H and O–H groups in total. The van der Waals surface area contributed by atoms with Crippen LogP contribution in [0.15, 0.2) is 41.9 Å². The third-order valence-corrected chi connectivity index (χ3v) is 11.0. The molecule has 256 valence electrons. The van der Waals surface area contributed by atoms with Gasteiger partial charge in [0.1, 0.15) is 5.01 Å². The van der Waals surface area contributed by atoms with Gasteiger partial charge in [-0.2, -0.15) is 0 Å². The van der Waals surface area contributed by atoms with E-state index in [9.17, 15) is 9.59 Å². The van der Waals surface area contributed by atoms with Crippen LogP contribution in [0.5, 0.6) is 0 Å². The van der Waals surface area contributed by atoms with Crippen LogP contribution in [0.3, 0.4) is 0 Å². The van der Waals surface area contributed by atoms with Crippen LogP contribution in [0.2, 0.25) is 0 Å². The first kappa shape index (κ1) is 38.0. The third-order valence-electron chi connectivity index (χ3n) is 9.61. The lowest BCUT2D eigenvalue weighted by Crippen LogP contribution is -2.56. The molecule has 0 radical (unpaired) electrons. The number of aromatic nitrogens is 1. The highest BCUT2D eigenvalue weighted by Gasteiger charge is 2.42. The van der Waals surface area contributed by atoms with E-state index in [1.54, 1.807) is 37.5 Å². The number of nitrogens with zero attached hydrogens (tertiary/aromatic N) is 3. The summed E-state index contributed by atoms with van der Waals surface area (Å²) >= 11 is 7.60. The summed E-state index contributed by atoms with van der Waals surface area (Å²) in [6.45, 7) is 10.8. The van der Waals surface area contributed by atoms with E-state index < -0.39 is 12.1 Å². The van der Waals surface area contributed by atoms with Crippen LogP contribution in [-0.4, -0.2) is 89.7 Å². The fraction of sp³-hybridized carbons (Fsp3) is 0.657. The van der Waals surface area contributed by atoms with E-state index in [1.165, 1.54) is 5.56 Å². The van der Waals surface area contributed by atoms with Gasteiger partial charge in [0.15, 0.2) is 0 Å². The largest absolute Gasteiger partial charge is 0.379 e. The fourth-order valence-electron chi connectivity index (χ4n) is 6.59. The lowest BCUT2D eigenvalue weighted by atomic mass is 9.89. The number of methoxy groups -OCH3 is 2. The van der Waals surface area contributed by atoms with Crippen molar-refractivity contribution in [3.8, 4) is 0 Å². The summed E-state index contributed by atoms with van der Waals surface area (Å²) in [5, 5.41) is 6.55. The first-order chi connectivity index (χ1) is 21.9. The number of thiazole rings is 1. The van der Waals surface area contributed by atoms with Crippen molar-refractivity contribution in [3.63, 3.8) is 0 Å². The Bertz CT molecular complexity index is 1230. The van der Waals surface area contributed by atoms with Crippen LogP contribution in [0.4, 0.5) is 0 Å². The van der Waals surface area contributed by atoms with Crippen molar-refractivity contribution >= 4 is 40.4 Å².